The number of allylic oxidation sites excluding steroid dienone is 21. The van der Waals surface area contributed by atoms with Gasteiger partial charge in [-0.2, -0.15) is 0 Å². The largest absolute Gasteiger partial charge is 0.479 e. The molecule has 3 N–H and O–H groups in total. The van der Waals surface area contributed by atoms with Gasteiger partial charge in [0.25, 0.3) is 0 Å². The number of carbonyl (C=O) groups is 4. The standard InChI is InChI=1S/C67H104O12/c1-4-7-10-13-16-19-22-25-28-30-33-35-38-41-44-47-50-53-59(68)75-56-58(77-60(69)54-51-48-45-42-39-36-32-27-24-21-18-15-12-9-6-3)57-76-67-65(63(72)62(71)64(79-67)66(73)74)78-61(70)55-52-49-46-43-40-37-34-31-29-26-23-20-17-14-11-8-5-2/h7,9-10,12,16,18-19,21,25-29,32-33,35,39,41-42,44,48,51,58,62-65,67,71-72H,4-6,8,11,13-15,17,20,22-24,30-31,34,36-38,40,43,45-47,49-50,52-57H2,1-3H3,(H,73,74)/b10-7-,12-9-,19-16-,21-18-,28-25-,29-26-,32-27-,35-33-,42-39-,44-41-,51-48-. The number of aliphatic carboxylic acids is 1. The molecule has 1 saturated heterocycles. The van der Waals surface area contributed by atoms with Crippen LogP contribution < -0.4 is 0 Å². The highest BCUT2D eigenvalue weighted by Gasteiger charge is 2.50. The smallest absolute Gasteiger partial charge is 0.335 e. The van der Waals surface area contributed by atoms with E-state index in [1.54, 1.807) is 6.08 Å². The first-order valence-electron chi connectivity index (χ1n) is 30.2. The number of esters is 3. The van der Waals surface area contributed by atoms with Crippen LogP contribution in [-0.2, 0) is 42.9 Å². The first-order chi connectivity index (χ1) is 38.6. The van der Waals surface area contributed by atoms with Gasteiger partial charge in [-0.15, -0.1) is 0 Å². The number of unbranched alkanes of at least 4 members (excludes halogenated alkanes) is 14. The SMILES string of the molecule is CC/C=C\C/C=C\C/C=C\C/C=C\C/C=C\CCCC(=O)OCC(COC1OC(C(=O)O)C(O)C(O)C1OC(=O)CCCCCCCCC/C=C\CCCCCCCC)OC(=O)C/C=C\C/C=C\C/C=C\C/C=C\C/C=C\CC. The molecule has 1 heterocycles. The topological polar surface area (TPSA) is 175 Å². The fraction of sp³-hybridized carbons (Fsp3) is 0.612. The molecule has 0 bridgehead atoms. The molecule has 12 nitrogen and oxygen atoms in total. The van der Waals surface area contributed by atoms with E-state index in [1.165, 1.54) is 38.5 Å². The summed E-state index contributed by atoms with van der Waals surface area (Å²) < 4.78 is 28.2. The van der Waals surface area contributed by atoms with E-state index in [9.17, 15) is 34.5 Å². The van der Waals surface area contributed by atoms with Crippen molar-refractivity contribution in [2.24, 2.45) is 0 Å². The summed E-state index contributed by atoms with van der Waals surface area (Å²) in [5.41, 5.74) is 0. The van der Waals surface area contributed by atoms with Crippen LogP contribution in [0.25, 0.3) is 0 Å². The predicted octanol–water partition coefficient (Wildman–Crippen LogP) is 15.8. The highest BCUT2D eigenvalue weighted by molar-refractivity contribution is 5.74. The van der Waals surface area contributed by atoms with Gasteiger partial charge >= 0.3 is 23.9 Å². The molecule has 0 amide bonds. The van der Waals surface area contributed by atoms with E-state index < -0.39 is 67.3 Å². The van der Waals surface area contributed by atoms with Gasteiger partial charge < -0.3 is 39.0 Å². The molecule has 444 valence electrons. The average Bonchev–Trinajstić information content (AvgIpc) is 3.47. The van der Waals surface area contributed by atoms with Crippen LogP contribution in [0, 0.1) is 0 Å². The van der Waals surface area contributed by atoms with Crippen LogP contribution in [-0.4, -0.2) is 89.2 Å². The van der Waals surface area contributed by atoms with E-state index in [1.807, 2.05) is 30.4 Å². The van der Waals surface area contributed by atoms with Gasteiger partial charge in [0.15, 0.2) is 24.6 Å². The van der Waals surface area contributed by atoms with Crippen molar-refractivity contribution in [1.82, 2.24) is 0 Å². The van der Waals surface area contributed by atoms with Crippen molar-refractivity contribution in [1.29, 1.82) is 0 Å². The third-order valence-corrected chi connectivity index (χ3v) is 12.7. The van der Waals surface area contributed by atoms with Crippen LogP contribution in [0.4, 0.5) is 0 Å². The second-order valence-electron chi connectivity index (χ2n) is 19.9. The lowest BCUT2D eigenvalue weighted by Gasteiger charge is -2.40. The van der Waals surface area contributed by atoms with Gasteiger partial charge in [-0.05, 0) is 109 Å². The van der Waals surface area contributed by atoms with Crippen molar-refractivity contribution in [3.05, 3.63) is 134 Å². The number of aliphatic hydroxyl groups excluding tert-OH is 2. The molecule has 12 heteroatoms. The molecule has 0 aromatic carbocycles. The molecular formula is C67H104O12. The van der Waals surface area contributed by atoms with Crippen molar-refractivity contribution in [3.63, 3.8) is 0 Å². The van der Waals surface area contributed by atoms with Crippen LogP contribution in [0.2, 0.25) is 0 Å². The summed E-state index contributed by atoms with van der Waals surface area (Å²) in [5, 5.41) is 31.5. The Morgan fingerprint density at radius 1 is 0.443 bits per heavy atom. The van der Waals surface area contributed by atoms with Crippen LogP contribution in [0.1, 0.15) is 213 Å². The normalized spacial score (nSPS) is 18.8. The molecule has 6 unspecified atom stereocenters. The fourth-order valence-electron chi connectivity index (χ4n) is 8.18. The fourth-order valence-corrected chi connectivity index (χ4v) is 8.18. The number of carboxylic acid groups (broad SMARTS) is 1. The molecule has 0 aromatic heterocycles. The summed E-state index contributed by atoms with van der Waals surface area (Å²) in [4.78, 5) is 51.1. The van der Waals surface area contributed by atoms with Gasteiger partial charge in [-0.1, -0.05) is 219 Å². The van der Waals surface area contributed by atoms with Crippen molar-refractivity contribution >= 4 is 23.9 Å². The zero-order chi connectivity index (χ0) is 57.5. The average molecular weight is 1100 g/mol. The van der Waals surface area contributed by atoms with Gasteiger partial charge in [-0.3, -0.25) is 14.4 Å². The molecule has 79 heavy (non-hydrogen) atoms. The van der Waals surface area contributed by atoms with Gasteiger partial charge in [0.1, 0.15) is 18.8 Å². The number of carbonyl (C=O) groups excluding carboxylic acids is 3. The molecule has 0 aromatic rings. The Balaban J connectivity index is 2.78. The van der Waals surface area contributed by atoms with E-state index in [4.69, 9.17) is 23.7 Å². The Bertz CT molecular complexity index is 1880. The van der Waals surface area contributed by atoms with Crippen molar-refractivity contribution < 1.29 is 58.2 Å². The summed E-state index contributed by atoms with van der Waals surface area (Å²) in [6.07, 6.45) is 63.1. The first-order valence-corrected chi connectivity index (χ1v) is 30.2. The maximum Gasteiger partial charge on any atom is 0.335 e. The van der Waals surface area contributed by atoms with Gasteiger partial charge in [-0.25, -0.2) is 4.79 Å². The zero-order valence-corrected chi connectivity index (χ0v) is 48.8. The highest BCUT2D eigenvalue weighted by atomic mass is 16.7. The lowest BCUT2D eigenvalue weighted by Crippen LogP contribution is -2.61. The maximum absolute atomic E-state index is 13.1. The summed E-state index contributed by atoms with van der Waals surface area (Å²) in [7, 11) is 0. The molecule has 1 fully saturated rings. The molecule has 6 atom stereocenters. The number of carboxylic acids is 1. The Morgan fingerprint density at radius 2 is 0.848 bits per heavy atom. The van der Waals surface area contributed by atoms with Crippen molar-refractivity contribution in [2.45, 2.75) is 250 Å². The third kappa shape index (κ3) is 43.4. The second-order valence-corrected chi connectivity index (χ2v) is 19.9. The van der Waals surface area contributed by atoms with Gasteiger partial charge in [0.05, 0.1) is 13.0 Å². The Hall–Kier alpha value is -5.14. The second kappa shape index (κ2) is 53.5. The van der Waals surface area contributed by atoms with E-state index in [-0.39, 0.29) is 25.9 Å². The summed E-state index contributed by atoms with van der Waals surface area (Å²) in [5.74, 6) is -3.39. The monoisotopic (exact) mass is 1100 g/mol. The number of ether oxygens (including phenoxy) is 5. The van der Waals surface area contributed by atoms with E-state index in [2.05, 4.69) is 118 Å². The first kappa shape index (κ1) is 71.9. The minimum atomic E-state index is -1.93. The predicted molar refractivity (Wildman–Crippen MR) is 321 cm³/mol. The minimum Gasteiger partial charge on any atom is -0.479 e. The maximum atomic E-state index is 13.1. The van der Waals surface area contributed by atoms with Gasteiger partial charge in [0, 0.05) is 12.8 Å². The molecule has 1 rings (SSSR count). The quantitative estimate of drug-likeness (QED) is 0.0228. The molecule has 0 radical (unpaired) electrons. The summed E-state index contributed by atoms with van der Waals surface area (Å²) in [6.45, 7) is 5.62. The molecule has 0 saturated carbocycles. The Labute approximate surface area is 477 Å². The lowest BCUT2D eigenvalue weighted by molar-refractivity contribution is -0.301. The number of rotatable bonds is 49. The molecule has 0 spiro atoms. The lowest BCUT2D eigenvalue weighted by atomic mass is 9.98. The van der Waals surface area contributed by atoms with Crippen LogP contribution in [0.3, 0.4) is 0 Å². The van der Waals surface area contributed by atoms with E-state index in [0.29, 0.717) is 25.7 Å². The van der Waals surface area contributed by atoms with E-state index >= 15 is 0 Å². The Kier molecular flexibility index (Phi) is 48.7. The van der Waals surface area contributed by atoms with E-state index in [0.717, 1.165) is 109 Å². The minimum absolute atomic E-state index is 0.0326. The summed E-state index contributed by atoms with van der Waals surface area (Å²) in [6, 6.07) is 0. The number of hydrogen-bond acceptors (Lipinski definition) is 11. The highest BCUT2D eigenvalue weighted by Crippen LogP contribution is 2.26. The van der Waals surface area contributed by atoms with Crippen LogP contribution in [0.5, 0.6) is 0 Å². The molecular weight excluding hydrogens is 997 g/mol. The van der Waals surface area contributed by atoms with Crippen LogP contribution in [0.15, 0.2) is 134 Å². The zero-order valence-electron chi connectivity index (χ0n) is 48.8. The third-order valence-electron chi connectivity index (χ3n) is 12.7. The van der Waals surface area contributed by atoms with Crippen molar-refractivity contribution in [2.75, 3.05) is 13.2 Å². The number of aliphatic hydroxyl groups is 2. The molecule has 1 aliphatic heterocycles. The van der Waals surface area contributed by atoms with Crippen molar-refractivity contribution in [3.8, 4) is 0 Å². The van der Waals surface area contributed by atoms with Gasteiger partial charge in [0.2, 0.25) is 0 Å². The molecule has 0 aliphatic carbocycles. The number of hydrogen-bond donors (Lipinski definition) is 3. The Morgan fingerprint density at radius 3 is 1.33 bits per heavy atom. The summed E-state index contributed by atoms with van der Waals surface area (Å²) >= 11 is 0. The van der Waals surface area contributed by atoms with Crippen LogP contribution >= 0.6 is 0 Å². The molecule has 1 aliphatic rings.